The van der Waals surface area contributed by atoms with Crippen LogP contribution in [0.4, 0.5) is 0 Å². The predicted molar refractivity (Wildman–Crippen MR) is 69.9 cm³/mol. The zero-order chi connectivity index (χ0) is 13.3. The molecule has 1 atom stereocenters. The lowest BCUT2D eigenvalue weighted by molar-refractivity contribution is -0.126. The molecular weight excluding hydrogens is 228 g/mol. The number of hydrogen-bond acceptors (Lipinski definition) is 3. The molecule has 1 aliphatic rings. The van der Waals surface area contributed by atoms with Crippen molar-refractivity contribution in [3.05, 3.63) is 18.0 Å². The molecule has 1 aliphatic carbocycles. The fraction of sp³-hybridized carbons (Fsp3) is 0.692. The maximum atomic E-state index is 12.0. The van der Waals surface area contributed by atoms with Gasteiger partial charge in [0, 0.05) is 17.9 Å². The number of primary amides is 1. The van der Waals surface area contributed by atoms with Crippen molar-refractivity contribution in [2.75, 3.05) is 0 Å². The Balaban J connectivity index is 2.28. The van der Waals surface area contributed by atoms with E-state index in [1.807, 2.05) is 31.5 Å². The Morgan fingerprint density at radius 1 is 1.67 bits per heavy atom. The first-order valence-electron chi connectivity index (χ1n) is 6.51. The standard InChI is InChI=1S/C13H22N4O/c1-9(2)16-13(12(14)18,11-4-5-11)8-17-10(3)6-7-15-17/h6-7,9,11,16H,4-5,8H2,1-3H3,(H2,14,18). The van der Waals surface area contributed by atoms with Crippen LogP contribution in [-0.2, 0) is 11.3 Å². The Labute approximate surface area is 108 Å². The predicted octanol–water partition coefficient (Wildman–Crippen LogP) is 0.824. The van der Waals surface area contributed by atoms with Crippen LogP contribution in [-0.4, -0.2) is 27.3 Å². The molecule has 18 heavy (non-hydrogen) atoms. The summed E-state index contributed by atoms with van der Waals surface area (Å²) in [7, 11) is 0. The number of carbonyl (C=O) groups is 1. The number of nitrogens with one attached hydrogen (secondary N) is 1. The van der Waals surface area contributed by atoms with Crippen molar-refractivity contribution in [2.45, 2.75) is 51.7 Å². The minimum absolute atomic E-state index is 0.217. The second-order valence-electron chi connectivity index (χ2n) is 5.54. The Morgan fingerprint density at radius 2 is 2.33 bits per heavy atom. The minimum Gasteiger partial charge on any atom is -0.368 e. The number of rotatable bonds is 6. The second-order valence-corrected chi connectivity index (χ2v) is 5.54. The summed E-state index contributed by atoms with van der Waals surface area (Å²) in [4.78, 5) is 12.0. The van der Waals surface area contributed by atoms with Crippen molar-refractivity contribution in [1.82, 2.24) is 15.1 Å². The Kier molecular flexibility index (Phi) is 3.43. The lowest BCUT2D eigenvalue weighted by Crippen LogP contribution is -2.62. The molecular formula is C13H22N4O. The van der Waals surface area contributed by atoms with Crippen molar-refractivity contribution < 1.29 is 4.79 Å². The first-order chi connectivity index (χ1) is 8.45. The van der Waals surface area contributed by atoms with E-state index in [2.05, 4.69) is 10.4 Å². The van der Waals surface area contributed by atoms with Crippen molar-refractivity contribution in [2.24, 2.45) is 11.7 Å². The van der Waals surface area contributed by atoms with E-state index in [1.54, 1.807) is 6.20 Å². The van der Waals surface area contributed by atoms with Crippen LogP contribution in [0.2, 0.25) is 0 Å². The molecule has 0 aliphatic heterocycles. The number of aromatic nitrogens is 2. The van der Waals surface area contributed by atoms with Crippen molar-refractivity contribution in [3.63, 3.8) is 0 Å². The van der Waals surface area contributed by atoms with Crippen LogP contribution in [0.25, 0.3) is 0 Å². The molecule has 1 aromatic rings. The number of amides is 1. The molecule has 0 aromatic carbocycles. The maximum absolute atomic E-state index is 12.0. The van der Waals surface area contributed by atoms with Crippen LogP contribution in [0.1, 0.15) is 32.4 Å². The van der Waals surface area contributed by atoms with E-state index in [0.29, 0.717) is 12.5 Å². The molecule has 100 valence electrons. The van der Waals surface area contributed by atoms with Gasteiger partial charge in [0.2, 0.25) is 5.91 Å². The molecule has 1 fully saturated rings. The van der Waals surface area contributed by atoms with Crippen LogP contribution in [0.3, 0.4) is 0 Å². The monoisotopic (exact) mass is 250 g/mol. The number of aryl methyl sites for hydroxylation is 1. The molecule has 1 saturated carbocycles. The third kappa shape index (κ3) is 2.41. The minimum atomic E-state index is -0.662. The van der Waals surface area contributed by atoms with E-state index in [0.717, 1.165) is 18.5 Å². The quantitative estimate of drug-likeness (QED) is 0.785. The third-order valence-corrected chi connectivity index (χ3v) is 3.59. The summed E-state index contributed by atoms with van der Waals surface area (Å²) in [5, 5.41) is 7.65. The number of carbonyl (C=O) groups excluding carboxylic acids is 1. The SMILES string of the molecule is Cc1ccnn1CC(NC(C)C)(C(N)=O)C1CC1. The average molecular weight is 250 g/mol. The Bertz CT molecular complexity index is 436. The van der Waals surface area contributed by atoms with E-state index in [4.69, 9.17) is 5.73 Å². The highest BCUT2D eigenvalue weighted by molar-refractivity contribution is 5.85. The van der Waals surface area contributed by atoms with Gasteiger partial charge in [-0.2, -0.15) is 5.10 Å². The second kappa shape index (κ2) is 4.72. The van der Waals surface area contributed by atoms with Crippen LogP contribution < -0.4 is 11.1 Å². The molecule has 1 amide bonds. The molecule has 1 heterocycles. The zero-order valence-electron chi connectivity index (χ0n) is 11.3. The van der Waals surface area contributed by atoms with Crippen molar-refractivity contribution in [1.29, 1.82) is 0 Å². The Morgan fingerprint density at radius 3 is 2.72 bits per heavy atom. The molecule has 0 saturated heterocycles. The highest BCUT2D eigenvalue weighted by Crippen LogP contribution is 2.41. The molecule has 0 radical (unpaired) electrons. The van der Waals surface area contributed by atoms with Gasteiger partial charge in [0.05, 0.1) is 6.54 Å². The smallest absolute Gasteiger partial charge is 0.239 e. The summed E-state index contributed by atoms with van der Waals surface area (Å²) in [5.41, 5.74) is 6.07. The van der Waals surface area contributed by atoms with Gasteiger partial charge in [0.25, 0.3) is 0 Å². The molecule has 3 N–H and O–H groups in total. The number of nitrogens with zero attached hydrogens (tertiary/aromatic N) is 2. The highest BCUT2D eigenvalue weighted by atomic mass is 16.1. The fourth-order valence-electron chi connectivity index (χ4n) is 2.53. The summed E-state index contributed by atoms with van der Waals surface area (Å²) in [6.07, 6.45) is 3.87. The van der Waals surface area contributed by atoms with E-state index in [9.17, 15) is 4.79 Å². The first-order valence-corrected chi connectivity index (χ1v) is 6.51. The molecule has 0 spiro atoms. The first kappa shape index (κ1) is 13.1. The molecule has 2 rings (SSSR count). The molecule has 1 aromatic heterocycles. The molecule has 1 unspecified atom stereocenters. The van der Waals surface area contributed by atoms with Gasteiger partial charge in [0.15, 0.2) is 0 Å². The average Bonchev–Trinajstić information content (AvgIpc) is 3.04. The van der Waals surface area contributed by atoms with Gasteiger partial charge in [-0.3, -0.25) is 14.8 Å². The van der Waals surface area contributed by atoms with Crippen molar-refractivity contribution in [3.8, 4) is 0 Å². The summed E-state index contributed by atoms with van der Waals surface area (Å²) in [6, 6.07) is 2.16. The summed E-state index contributed by atoms with van der Waals surface area (Å²) in [5.74, 6) is 0.0644. The van der Waals surface area contributed by atoms with E-state index in [-0.39, 0.29) is 11.9 Å². The van der Waals surface area contributed by atoms with Crippen LogP contribution in [0, 0.1) is 12.8 Å². The van der Waals surface area contributed by atoms with Gasteiger partial charge in [-0.1, -0.05) is 0 Å². The van der Waals surface area contributed by atoms with Gasteiger partial charge >= 0.3 is 0 Å². The van der Waals surface area contributed by atoms with Gasteiger partial charge in [-0.15, -0.1) is 0 Å². The molecule has 5 nitrogen and oxygen atoms in total. The normalized spacial score (nSPS) is 18.9. The van der Waals surface area contributed by atoms with Gasteiger partial charge in [0.1, 0.15) is 5.54 Å². The van der Waals surface area contributed by atoms with Gasteiger partial charge < -0.3 is 5.73 Å². The topological polar surface area (TPSA) is 72.9 Å². The molecule has 5 heteroatoms. The van der Waals surface area contributed by atoms with Crippen LogP contribution in [0.5, 0.6) is 0 Å². The lowest BCUT2D eigenvalue weighted by atomic mass is 9.91. The van der Waals surface area contributed by atoms with Gasteiger partial charge in [-0.05, 0) is 45.6 Å². The third-order valence-electron chi connectivity index (χ3n) is 3.59. The fourth-order valence-corrected chi connectivity index (χ4v) is 2.53. The maximum Gasteiger partial charge on any atom is 0.239 e. The van der Waals surface area contributed by atoms with Crippen LogP contribution >= 0.6 is 0 Å². The number of nitrogens with two attached hydrogens (primary N) is 1. The van der Waals surface area contributed by atoms with E-state index >= 15 is 0 Å². The largest absolute Gasteiger partial charge is 0.368 e. The summed E-state index contributed by atoms with van der Waals surface area (Å²) >= 11 is 0. The van der Waals surface area contributed by atoms with E-state index in [1.165, 1.54) is 0 Å². The zero-order valence-corrected chi connectivity index (χ0v) is 11.3. The Hall–Kier alpha value is -1.36. The van der Waals surface area contributed by atoms with Crippen LogP contribution in [0.15, 0.2) is 12.3 Å². The van der Waals surface area contributed by atoms with Crippen molar-refractivity contribution >= 4 is 5.91 Å². The summed E-state index contributed by atoms with van der Waals surface area (Å²) < 4.78 is 1.86. The lowest BCUT2D eigenvalue weighted by Gasteiger charge is -2.34. The molecule has 0 bridgehead atoms. The number of hydrogen-bond donors (Lipinski definition) is 2. The summed E-state index contributed by atoms with van der Waals surface area (Å²) in [6.45, 7) is 6.58. The highest BCUT2D eigenvalue weighted by Gasteiger charge is 2.50. The van der Waals surface area contributed by atoms with E-state index < -0.39 is 5.54 Å². The van der Waals surface area contributed by atoms with Gasteiger partial charge in [-0.25, -0.2) is 0 Å².